The fourth-order valence-corrected chi connectivity index (χ4v) is 1.52. The number of ether oxygens (including phenoxy) is 1. The summed E-state index contributed by atoms with van der Waals surface area (Å²) in [6.45, 7) is 4.03. The molecular formula is C11H14BrFO2. The first-order chi connectivity index (χ1) is 7.06. The molecule has 1 aromatic rings. The highest BCUT2D eigenvalue weighted by molar-refractivity contribution is 9.10. The van der Waals surface area contributed by atoms with E-state index in [4.69, 9.17) is 4.74 Å². The molecule has 0 aromatic heterocycles. The molecule has 0 bridgehead atoms. The number of benzene rings is 1. The van der Waals surface area contributed by atoms with E-state index in [0.717, 1.165) is 5.56 Å². The molecule has 84 valence electrons. The van der Waals surface area contributed by atoms with Crippen LogP contribution in [0.2, 0.25) is 0 Å². The molecule has 0 radical (unpaired) electrons. The minimum absolute atomic E-state index is 0.243. The van der Waals surface area contributed by atoms with Gasteiger partial charge in [0.1, 0.15) is 5.82 Å². The first kappa shape index (κ1) is 12.6. The van der Waals surface area contributed by atoms with Crippen LogP contribution in [0.25, 0.3) is 0 Å². The predicted molar refractivity (Wildman–Crippen MR) is 60.1 cm³/mol. The summed E-state index contributed by atoms with van der Waals surface area (Å²) in [6, 6.07) is 4.79. The second-order valence-electron chi connectivity index (χ2n) is 3.31. The van der Waals surface area contributed by atoms with Gasteiger partial charge in [0.2, 0.25) is 0 Å². The van der Waals surface area contributed by atoms with Gasteiger partial charge >= 0.3 is 0 Å². The van der Waals surface area contributed by atoms with E-state index in [9.17, 15) is 9.50 Å². The van der Waals surface area contributed by atoms with E-state index in [1.54, 1.807) is 26.0 Å². The summed E-state index contributed by atoms with van der Waals surface area (Å²) in [6.07, 6.45) is -0.893. The van der Waals surface area contributed by atoms with Crippen LogP contribution in [-0.4, -0.2) is 18.0 Å². The van der Waals surface area contributed by atoms with Crippen LogP contribution in [0.5, 0.6) is 0 Å². The number of aliphatic hydroxyl groups excluding tert-OH is 1. The van der Waals surface area contributed by atoms with Crippen molar-refractivity contribution in [2.45, 2.75) is 26.1 Å². The number of aliphatic hydroxyl groups is 1. The van der Waals surface area contributed by atoms with Gasteiger partial charge in [-0.05, 0) is 40.5 Å². The van der Waals surface area contributed by atoms with E-state index in [-0.39, 0.29) is 11.7 Å². The number of hydrogen-bond acceptors (Lipinski definition) is 2. The summed E-state index contributed by atoms with van der Waals surface area (Å²) in [5, 5.41) is 9.57. The maximum atomic E-state index is 13.2. The highest BCUT2D eigenvalue weighted by Gasteiger charge is 2.17. The van der Waals surface area contributed by atoms with E-state index in [1.165, 1.54) is 6.07 Å². The van der Waals surface area contributed by atoms with Crippen LogP contribution in [0.15, 0.2) is 22.7 Å². The van der Waals surface area contributed by atoms with Crippen molar-refractivity contribution in [3.63, 3.8) is 0 Å². The van der Waals surface area contributed by atoms with Crippen LogP contribution in [0.1, 0.15) is 25.3 Å². The zero-order valence-electron chi connectivity index (χ0n) is 8.71. The fraction of sp³-hybridized carbons (Fsp3) is 0.455. The van der Waals surface area contributed by atoms with Crippen molar-refractivity contribution in [3.8, 4) is 0 Å². The van der Waals surface area contributed by atoms with Crippen molar-refractivity contribution < 1.29 is 14.2 Å². The molecule has 0 spiro atoms. The number of halogens is 2. The van der Waals surface area contributed by atoms with Crippen LogP contribution in [0.4, 0.5) is 4.39 Å². The standard InChI is InChI=1S/C11H14BrFO2/c1-3-15-11(14)7(2)8-4-5-9(12)10(13)6-8/h4-7,11,14H,3H2,1-2H3. The molecule has 1 aromatic carbocycles. The smallest absolute Gasteiger partial charge is 0.161 e. The van der Waals surface area contributed by atoms with Gasteiger partial charge < -0.3 is 9.84 Å². The first-order valence-corrected chi connectivity index (χ1v) is 5.60. The molecule has 2 nitrogen and oxygen atoms in total. The second kappa shape index (κ2) is 5.58. The van der Waals surface area contributed by atoms with E-state index < -0.39 is 6.29 Å². The molecule has 0 fully saturated rings. The third-order valence-corrected chi connectivity index (χ3v) is 2.88. The van der Waals surface area contributed by atoms with Crippen LogP contribution in [-0.2, 0) is 4.74 Å². The Hall–Kier alpha value is -0.450. The Morgan fingerprint density at radius 2 is 2.20 bits per heavy atom. The molecular weight excluding hydrogens is 263 g/mol. The minimum Gasteiger partial charge on any atom is -0.367 e. The lowest BCUT2D eigenvalue weighted by Gasteiger charge is -2.19. The second-order valence-corrected chi connectivity index (χ2v) is 4.16. The predicted octanol–water partition coefficient (Wildman–Crippen LogP) is 3.05. The first-order valence-electron chi connectivity index (χ1n) is 4.81. The molecule has 2 unspecified atom stereocenters. The van der Waals surface area contributed by atoms with Gasteiger partial charge in [0.25, 0.3) is 0 Å². The lowest BCUT2D eigenvalue weighted by molar-refractivity contribution is -0.107. The van der Waals surface area contributed by atoms with E-state index in [1.807, 2.05) is 0 Å². The van der Waals surface area contributed by atoms with E-state index in [0.29, 0.717) is 11.1 Å². The van der Waals surface area contributed by atoms with E-state index in [2.05, 4.69) is 15.9 Å². The van der Waals surface area contributed by atoms with Crippen LogP contribution >= 0.6 is 15.9 Å². The Bertz CT molecular complexity index is 330. The van der Waals surface area contributed by atoms with Gasteiger partial charge in [0, 0.05) is 12.5 Å². The highest BCUT2D eigenvalue weighted by Crippen LogP contribution is 2.24. The average molecular weight is 277 g/mol. The number of rotatable bonds is 4. The van der Waals surface area contributed by atoms with Crippen LogP contribution in [0, 0.1) is 5.82 Å². The molecule has 2 atom stereocenters. The van der Waals surface area contributed by atoms with Crippen molar-refractivity contribution in [1.82, 2.24) is 0 Å². The molecule has 0 aliphatic heterocycles. The van der Waals surface area contributed by atoms with Crippen molar-refractivity contribution in [1.29, 1.82) is 0 Å². The maximum absolute atomic E-state index is 13.2. The van der Waals surface area contributed by atoms with Crippen LogP contribution in [0.3, 0.4) is 0 Å². The Morgan fingerprint density at radius 1 is 1.53 bits per heavy atom. The lowest BCUT2D eigenvalue weighted by atomic mass is 10.0. The Morgan fingerprint density at radius 3 is 2.73 bits per heavy atom. The Kier molecular flexibility index (Phi) is 4.70. The van der Waals surface area contributed by atoms with Crippen LogP contribution < -0.4 is 0 Å². The molecule has 4 heteroatoms. The zero-order chi connectivity index (χ0) is 11.4. The fourth-order valence-electron chi connectivity index (χ4n) is 1.28. The summed E-state index contributed by atoms with van der Waals surface area (Å²) in [7, 11) is 0. The largest absolute Gasteiger partial charge is 0.367 e. The third kappa shape index (κ3) is 3.26. The lowest BCUT2D eigenvalue weighted by Crippen LogP contribution is -2.19. The normalized spacial score (nSPS) is 15.0. The summed E-state index contributed by atoms with van der Waals surface area (Å²) >= 11 is 3.08. The Balaban J connectivity index is 2.81. The monoisotopic (exact) mass is 276 g/mol. The SMILES string of the molecule is CCOC(O)C(C)c1ccc(Br)c(F)c1. The molecule has 15 heavy (non-hydrogen) atoms. The van der Waals surface area contributed by atoms with Gasteiger partial charge in [-0.25, -0.2) is 4.39 Å². The summed E-state index contributed by atoms with van der Waals surface area (Å²) in [5.41, 5.74) is 0.719. The molecule has 0 aliphatic carbocycles. The Labute approximate surface area is 97.2 Å². The van der Waals surface area contributed by atoms with Gasteiger partial charge in [-0.15, -0.1) is 0 Å². The quantitative estimate of drug-likeness (QED) is 0.857. The van der Waals surface area contributed by atoms with Gasteiger partial charge in [0.15, 0.2) is 6.29 Å². The van der Waals surface area contributed by atoms with Crippen molar-refractivity contribution in [2.24, 2.45) is 0 Å². The zero-order valence-corrected chi connectivity index (χ0v) is 10.3. The van der Waals surface area contributed by atoms with Gasteiger partial charge in [-0.3, -0.25) is 0 Å². The molecule has 1 rings (SSSR count). The van der Waals surface area contributed by atoms with Crippen molar-refractivity contribution in [2.75, 3.05) is 6.61 Å². The average Bonchev–Trinajstić information content (AvgIpc) is 2.21. The molecule has 0 amide bonds. The summed E-state index contributed by atoms with van der Waals surface area (Å²) in [4.78, 5) is 0. The topological polar surface area (TPSA) is 29.5 Å². The van der Waals surface area contributed by atoms with E-state index >= 15 is 0 Å². The van der Waals surface area contributed by atoms with Crippen molar-refractivity contribution >= 4 is 15.9 Å². The number of hydrogen-bond donors (Lipinski definition) is 1. The van der Waals surface area contributed by atoms with Gasteiger partial charge in [-0.2, -0.15) is 0 Å². The molecule has 1 N–H and O–H groups in total. The summed E-state index contributed by atoms with van der Waals surface area (Å²) < 4.78 is 18.7. The molecule has 0 aliphatic rings. The molecule has 0 saturated carbocycles. The minimum atomic E-state index is -0.893. The summed E-state index contributed by atoms with van der Waals surface area (Å²) in [5.74, 6) is -0.574. The van der Waals surface area contributed by atoms with Gasteiger partial charge in [0.05, 0.1) is 4.47 Å². The molecule has 0 heterocycles. The maximum Gasteiger partial charge on any atom is 0.161 e. The van der Waals surface area contributed by atoms with Gasteiger partial charge in [-0.1, -0.05) is 13.0 Å². The third-order valence-electron chi connectivity index (χ3n) is 2.23. The van der Waals surface area contributed by atoms with Crippen molar-refractivity contribution in [3.05, 3.63) is 34.1 Å². The highest BCUT2D eigenvalue weighted by atomic mass is 79.9. The molecule has 0 saturated heterocycles.